The topological polar surface area (TPSA) is 100 Å². The lowest BCUT2D eigenvalue weighted by Crippen LogP contribution is -2.45. The minimum atomic E-state index is -0.353. The molecule has 0 amide bonds. The van der Waals surface area contributed by atoms with Crippen LogP contribution in [0.25, 0.3) is 0 Å². The summed E-state index contributed by atoms with van der Waals surface area (Å²) in [7, 11) is 0. The smallest absolute Gasteiger partial charge is 0.105 e. The second kappa shape index (κ2) is 5.71. The van der Waals surface area contributed by atoms with Crippen LogP contribution in [0.1, 0.15) is 24.7 Å². The lowest BCUT2D eigenvalue weighted by Gasteiger charge is -2.23. The SMILES string of the molecule is CC1=NC(CCc2cncc(C)n2)=C(C=N)C(N)N1. The van der Waals surface area contributed by atoms with Gasteiger partial charge in [-0.2, -0.15) is 0 Å². The first kappa shape index (κ1) is 13.4. The summed E-state index contributed by atoms with van der Waals surface area (Å²) < 4.78 is 0. The van der Waals surface area contributed by atoms with E-state index in [2.05, 4.69) is 20.3 Å². The van der Waals surface area contributed by atoms with E-state index in [1.807, 2.05) is 13.8 Å². The highest BCUT2D eigenvalue weighted by Gasteiger charge is 2.18. The Morgan fingerprint density at radius 3 is 2.84 bits per heavy atom. The van der Waals surface area contributed by atoms with E-state index in [-0.39, 0.29) is 6.17 Å². The predicted octanol–water partition coefficient (Wildman–Crippen LogP) is 0.928. The number of nitrogens with two attached hydrogens (primary N) is 1. The zero-order valence-corrected chi connectivity index (χ0v) is 11.1. The molecule has 0 bridgehead atoms. The number of nitrogens with one attached hydrogen (secondary N) is 2. The molecule has 2 heterocycles. The van der Waals surface area contributed by atoms with Crippen molar-refractivity contribution in [3.8, 4) is 0 Å². The van der Waals surface area contributed by atoms with Gasteiger partial charge in [-0.3, -0.25) is 9.97 Å². The molecule has 2 rings (SSSR count). The van der Waals surface area contributed by atoms with Crippen LogP contribution in [0, 0.1) is 12.3 Å². The fraction of sp³-hybridized carbons (Fsp3) is 0.385. The zero-order valence-electron chi connectivity index (χ0n) is 11.1. The summed E-state index contributed by atoms with van der Waals surface area (Å²) in [6, 6.07) is 0. The van der Waals surface area contributed by atoms with Crippen LogP contribution in [-0.4, -0.2) is 28.2 Å². The lowest BCUT2D eigenvalue weighted by atomic mass is 10.1. The number of aromatic nitrogens is 2. The Bertz CT molecular complexity index is 546. The largest absolute Gasteiger partial charge is 0.355 e. The van der Waals surface area contributed by atoms with Crippen LogP contribution < -0.4 is 11.1 Å². The van der Waals surface area contributed by atoms with Gasteiger partial charge in [0, 0.05) is 24.2 Å². The molecule has 1 aliphatic rings. The third-order valence-corrected chi connectivity index (χ3v) is 2.91. The molecular formula is C13H18N6. The number of allylic oxidation sites excluding steroid dienone is 1. The molecule has 4 N–H and O–H groups in total. The van der Waals surface area contributed by atoms with E-state index < -0.39 is 0 Å². The van der Waals surface area contributed by atoms with Crippen LogP contribution in [0.3, 0.4) is 0 Å². The summed E-state index contributed by atoms with van der Waals surface area (Å²) in [5.74, 6) is 0.781. The van der Waals surface area contributed by atoms with Gasteiger partial charge in [0.25, 0.3) is 0 Å². The van der Waals surface area contributed by atoms with Crippen molar-refractivity contribution in [3.63, 3.8) is 0 Å². The summed E-state index contributed by atoms with van der Waals surface area (Å²) in [5, 5.41) is 10.4. The molecule has 0 saturated heterocycles. The molecule has 0 aromatic carbocycles. The van der Waals surface area contributed by atoms with E-state index in [4.69, 9.17) is 11.1 Å². The monoisotopic (exact) mass is 258 g/mol. The third kappa shape index (κ3) is 3.23. The van der Waals surface area contributed by atoms with Crippen molar-refractivity contribution in [2.24, 2.45) is 10.7 Å². The number of aryl methyl sites for hydroxylation is 2. The molecule has 6 heteroatoms. The molecule has 0 radical (unpaired) electrons. The van der Waals surface area contributed by atoms with Crippen LogP contribution >= 0.6 is 0 Å². The first-order valence-electron chi connectivity index (χ1n) is 6.18. The van der Waals surface area contributed by atoms with E-state index in [1.54, 1.807) is 12.4 Å². The molecule has 0 saturated carbocycles. The van der Waals surface area contributed by atoms with Gasteiger partial charge >= 0.3 is 0 Å². The molecule has 1 atom stereocenters. The molecule has 1 aliphatic heterocycles. The van der Waals surface area contributed by atoms with Crippen molar-refractivity contribution in [2.45, 2.75) is 32.9 Å². The Morgan fingerprint density at radius 1 is 1.37 bits per heavy atom. The minimum absolute atomic E-state index is 0.353. The summed E-state index contributed by atoms with van der Waals surface area (Å²) in [6.07, 6.45) is 5.85. The van der Waals surface area contributed by atoms with Gasteiger partial charge < -0.3 is 16.5 Å². The Kier molecular flexibility index (Phi) is 4.01. The van der Waals surface area contributed by atoms with Crippen molar-refractivity contribution in [3.05, 3.63) is 35.1 Å². The Hall–Kier alpha value is -2.08. The normalized spacial score (nSPS) is 18.9. The summed E-state index contributed by atoms with van der Waals surface area (Å²) in [6.45, 7) is 3.79. The van der Waals surface area contributed by atoms with Crippen molar-refractivity contribution in [1.82, 2.24) is 15.3 Å². The molecule has 1 aromatic heterocycles. The van der Waals surface area contributed by atoms with Crippen LogP contribution in [0.5, 0.6) is 0 Å². The van der Waals surface area contributed by atoms with Crippen LogP contribution in [0.15, 0.2) is 28.7 Å². The highest BCUT2D eigenvalue weighted by atomic mass is 15.1. The van der Waals surface area contributed by atoms with E-state index in [1.165, 1.54) is 6.21 Å². The average Bonchev–Trinajstić information content (AvgIpc) is 2.36. The van der Waals surface area contributed by atoms with Gasteiger partial charge in [-0.1, -0.05) is 0 Å². The molecular weight excluding hydrogens is 240 g/mol. The number of nitrogens with zero attached hydrogens (tertiary/aromatic N) is 3. The number of aliphatic imine (C=N–C) groups is 1. The summed E-state index contributed by atoms with van der Waals surface area (Å²) in [4.78, 5) is 13.0. The molecule has 0 fully saturated rings. The zero-order chi connectivity index (χ0) is 13.8. The molecule has 100 valence electrons. The van der Waals surface area contributed by atoms with E-state index in [0.717, 1.165) is 34.9 Å². The molecule has 1 unspecified atom stereocenters. The minimum Gasteiger partial charge on any atom is -0.355 e. The van der Waals surface area contributed by atoms with Crippen LogP contribution in [0.2, 0.25) is 0 Å². The van der Waals surface area contributed by atoms with Gasteiger partial charge in [0.15, 0.2) is 0 Å². The van der Waals surface area contributed by atoms with Gasteiger partial charge in [0.2, 0.25) is 0 Å². The first-order chi connectivity index (χ1) is 9.10. The summed E-state index contributed by atoms with van der Waals surface area (Å²) >= 11 is 0. The fourth-order valence-electron chi connectivity index (χ4n) is 2.04. The number of hydrogen-bond donors (Lipinski definition) is 3. The fourth-order valence-corrected chi connectivity index (χ4v) is 2.04. The molecule has 19 heavy (non-hydrogen) atoms. The van der Waals surface area contributed by atoms with Crippen molar-refractivity contribution < 1.29 is 0 Å². The van der Waals surface area contributed by atoms with E-state index in [9.17, 15) is 0 Å². The van der Waals surface area contributed by atoms with Gasteiger partial charge in [0.05, 0.1) is 17.1 Å². The predicted molar refractivity (Wildman–Crippen MR) is 75.1 cm³/mol. The third-order valence-electron chi connectivity index (χ3n) is 2.91. The molecule has 6 nitrogen and oxygen atoms in total. The second-order valence-electron chi connectivity index (χ2n) is 4.52. The highest BCUT2D eigenvalue weighted by molar-refractivity contribution is 5.88. The molecule has 1 aromatic rings. The quantitative estimate of drug-likeness (QED) is 0.699. The summed E-state index contributed by atoms with van der Waals surface area (Å²) in [5.41, 5.74) is 9.34. The van der Waals surface area contributed by atoms with Crippen LogP contribution in [-0.2, 0) is 6.42 Å². The van der Waals surface area contributed by atoms with E-state index >= 15 is 0 Å². The van der Waals surface area contributed by atoms with Gasteiger partial charge in [0.1, 0.15) is 12.0 Å². The maximum absolute atomic E-state index is 7.44. The maximum atomic E-state index is 7.44. The van der Waals surface area contributed by atoms with Crippen molar-refractivity contribution in [2.75, 3.05) is 0 Å². The average molecular weight is 258 g/mol. The highest BCUT2D eigenvalue weighted by Crippen LogP contribution is 2.17. The first-order valence-corrected chi connectivity index (χ1v) is 6.18. The molecule has 0 aliphatic carbocycles. The molecule has 0 spiro atoms. The number of rotatable bonds is 4. The second-order valence-corrected chi connectivity index (χ2v) is 4.52. The Morgan fingerprint density at radius 2 is 2.16 bits per heavy atom. The Balaban J connectivity index is 2.15. The maximum Gasteiger partial charge on any atom is 0.105 e. The van der Waals surface area contributed by atoms with Crippen LogP contribution in [0.4, 0.5) is 0 Å². The number of hydrogen-bond acceptors (Lipinski definition) is 6. The van der Waals surface area contributed by atoms with Crippen molar-refractivity contribution >= 4 is 12.1 Å². The Labute approximate surface area is 112 Å². The standard InChI is InChI=1S/C13H18N6/c1-8-6-16-7-10(17-8)3-4-12-11(5-14)13(15)19-9(2)18-12/h5-7,13-14H,3-4,15H2,1-2H3,(H,18,19). The van der Waals surface area contributed by atoms with Gasteiger partial charge in [-0.05, 0) is 26.7 Å². The lowest BCUT2D eigenvalue weighted by molar-refractivity contribution is 0.705. The van der Waals surface area contributed by atoms with Gasteiger partial charge in [-0.25, -0.2) is 4.99 Å². The van der Waals surface area contributed by atoms with Gasteiger partial charge in [-0.15, -0.1) is 0 Å². The van der Waals surface area contributed by atoms with E-state index in [0.29, 0.717) is 6.42 Å². The van der Waals surface area contributed by atoms with Crippen molar-refractivity contribution in [1.29, 1.82) is 5.41 Å². The number of amidine groups is 1.